The van der Waals surface area contributed by atoms with E-state index >= 15 is 0 Å². The lowest BCUT2D eigenvalue weighted by atomic mass is 9.98. The largest absolute Gasteiger partial charge is 0.481 e. The van der Waals surface area contributed by atoms with Crippen LogP contribution < -0.4 is 0 Å². The van der Waals surface area contributed by atoms with Crippen molar-refractivity contribution < 1.29 is 18.3 Å². The monoisotopic (exact) mass is 312 g/mol. The number of hydrogen-bond acceptors (Lipinski definition) is 4. The van der Waals surface area contributed by atoms with Gasteiger partial charge in [-0.05, 0) is 5.56 Å². The van der Waals surface area contributed by atoms with Crippen molar-refractivity contribution in [3.63, 3.8) is 0 Å². The van der Waals surface area contributed by atoms with Crippen LogP contribution in [0.1, 0.15) is 11.5 Å². The van der Waals surface area contributed by atoms with E-state index in [4.69, 9.17) is 0 Å². The van der Waals surface area contributed by atoms with Crippen molar-refractivity contribution in [3.05, 3.63) is 35.9 Å². The Morgan fingerprint density at radius 1 is 1.19 bits per heavy atom. The minimum absolute atomic E-state index is 0.400. The molecule has 1 fully saturated rings. The van der Waals surface area contributed by atoms with Crippen molar-refractivity contribution in [3.8, 4) is 0 Å². The predicted octanol–water partition coefficient (Wildman–Crippen LogP) is 0.432. The Labute approximate surface area is 125 Å². The molecule has 1 unspecified atom stereocenters. The van der Waals surface area contributed by atoms with Crippen LogP contribution in [0.15, 0.2) is 30.3 Å². The smallest absolute Gasteiger partial charge is 0.312 e. The zero-order valence-corrected chi connectivity index (χ0v) is 12.8. The Balaban J connectivity index is 1.99. The van der Waals surface area contributed by atoms with E-state index in [1.165, 1.54) is 10.6 Å². The molecule has 1 saturated heterocycles. The van der Waals surface area contributed by atoms with Crippen LogP contribution >= 0.6 is 0 Å². The highest BCUT2D eigenvalue weighted by Crippen LogP contribution is 2.18. The van der Waals surface area contributed by atoms with Gasteiger partial charge in [0.1, 0.15) is 0 Å². The number of carboxylic acids is 1. The summed E-state index contributed by atoms with van der Waals surface area (Å²) in [7, 11) is -3.16. The van der Waals surface area contributed by atoms with E-state index in [1.54, 1.807) is 0 Å². The van der Waals surface area contributed by atoms with Crippen molar-refractivity contribution in [1.82, 2.24) is 9.21 Å². The third-order valence-electron chi connectivity index (χ3n) is 3.74. The van der Waals surface area contributed by atoms with Crippen LogP contribution in [0, 0.1) is 0 Å². The van der Waals surface area contributed by atoms with Gasteiger partial charge < -0.3 is 5.11 Å². The Kier molecular flexibility index (Phi) is 4.97. The van der Waals surface area contributed by atoms with Crippen LogP contribution in [0.4, 0.5) is 0 Å². The van der Waals surface area contributed by atoms with Gasteiger partial charge in [0, 0.05) is 32.7 Å². The summed E-state index contributed by atoms with van der Waals surface area (Å²) in [5.74, 6) is -1.44. The van der Waals surface area contributed by atoms with E-state index in [9.17, 15) is 18.3 Å². The van der Waals surface area contributed by atoms with Gasteiger partial charge in [0.2, 0.25) is 10.0 Å². The van der Waals surface area contributed by atoms with E-state index in [2.05, 4.69) is 0 Å². The first-order chi connectivity index (χ1) is 9.88. The van der Waals surface area contributed by atoms with E-state index < -0.39 is 21.9 Å². The maximum absolute atomic E-state index is 11.5. The van der Waals surface area contributed by atoms with Gasteiger partial charge in [-0.1, -0.05) is 30.3 Å². The lowest BCUT2D eigenvalue weighted by molar-refractivity contribution is -0.139. The van der Waals surface area contributed by atoms with Crippen molar-refractivity contribution in [2.45, 2.75) is 5.92 Å². The zero-order valence-electron chi connectivity index (χ0n) is 12.0. The first-order valence-electron chi connectivity index (χ1n) is 6.83. The minimum Gasteiger partial charge on any atom is -0.481 e. The molecule has 0 aromatic heterocycles. The molecule has 1 heterocycles. The van der Waals surface area contributed by atoms with Crippen LogP contribution in [-0.4, -0.2) is 67.7 Å². The summed E-state index contributed by atoms with van der Waals surface area (Å²) in [6.45, 7) is 2.35. The molecule has 116 valence electrons. The Bertz CT molecular complexity index is 580. The molecule has 1 aliphatic rings. The average Bonchev–Trinajstić information content (AvgIpc) is 2.45. The van der Waals surface area contributed by atoms with Crippen LogP contribution in [0.25, 0.3) is 0 Å². The van der Waals surface area contributed by atoms with Crippen molar-refractivity contribution in [1.29, 1.82) is 0 Å². The number of piperazine rings is 1. The number of carbonyl (C=O) groups is 1. The summed E-state index contributed by atoms with van der Waals surface area (Å²) in [6, 6.07) is 9.13. The number of aliphatic carboxylic acids is 1. The van der Waals surface area contributed by atoms with Crippen LogP contribution in [-0.2, 0) is 14.8 Å². The third-order valence-corrected chi connectivity index (χ3v) is 5.04. The molecule has 0 bridgehead atoms. The molecule has 2 rings (SSSR count). The molecule has 1 aromatic carbocycles. The Morgan fingerprint density at radius 3 is 2.24 bits per heavy atom. The fourth-order valence-corrected chi connectivity index (χ4v) is 3.34. The molecular formula is C14H20N2O4S. The number of nitrogens with zero attached hydrogens (tertiary/aromatic N) is 2. The van der Waals surface area contributed by atoms with E-state index in [0.29, 0.717) is 32.7 Å². The number of sulfonamides is 1. The molecule has 1 atom stereocenters. The summed E-state index contributed by atoms with van der Waals surface area (Å²) in [4.78, 5) is 13.5. The van der Waals surface area contributed by atoms with Gasteiger partial charge >= 0.3 is 5.97 Å². The molecule has 0 radical (unpaired) electrons. The molecule has 1 N–H and O–H groups in total. The summed E-state index contributed by atoms with van der Waals surface area (Å²) in [5.41, 5.74) is 0.774. The summed E-state index contributed by atoms with van der Waals surface area (Å²) in [6.07, 6.45) is 1.20. The second-order valence-corrected chi connectivity index (χ2v) is 7.25. The minimum atomic E-state index is -3.16. The van der Waals surface area contributed by atoms with Crippen molar-refractivity contribution in [2.24, 2.45) is 0 Å². The topological polar surface area (TPSA) is 77.9 Å². The molecular weight excluding hydrogens is 292 g/mol. The van der Waals surface area contributed by atoms with Gasteiger partial charge in [-0.2, -0.15) is 4.31 Å². The maximum Gasteiger partial charge on any atom is 0.312 e. The summed E-state index contributed by atoms with van der Waals surface area (Å²) in [5, 5.41) is 9.41. The highest BCUT2D eigenvalue weighted by atomic mass is 32.2. The standard InChI is InChI=1S/C14H20N2O4S/c1-21(19,20)16-9-7-15(8-10-16)11-13(14(17)18)12-5-3-2-4-6-12/h2-6,13H,7-11H2,1H3,(H,17,18). The molecule has 0 saturated carbocycles. The molecule has 1 aromatic rings. The highest BCUT2D eigenvalue weighted by molar-refractivity contribution is 7.88. The highest BCUT2D eigenvalue weighted by Gasteiger charge is 2.27. The number of benzene rings is 1. The lowest BCUT2D eigenvalue weighted by Gasteiger charge is -2.34. The molecule has 7 heteroatoms. The SMILES string of the molecule is CS(=O)(=O)N1CCN(CC(C(=O)O)c2ccccc2)CC1. The van der Waals surface area contributed by atoms with Gasteiger partial charge in [0.15, 0.2) is 0 Å². The zero-order chi connectivity index (χ0) is 15.5. The van der Waals surface area contributed by atoms with Gasteiger partial charge in [-0.25, -0.2) is 8.42 Å². The molecule has 0 amide bonds. The van der Waals surface area contributed by atoms with Crippen LogP contribution in [0.2, 0.25) is 0 Å². The quantitative estimate of drug-likeness (QED) is 0.853. The fourth-order valence-electron chi connectivity index (χ4n) is 2.51. The molecule has 0 spiro atoms. The lowest BCUT2D eigenvalue weighted by Crippen LogP contribution is -2.49. The molecule has 1 aliphatic heterocycles. The second-order valence-electron chi connectivity index (χ2n) is 5.26. The normalized spacial score (nSPS) is 19.3. The second kappa shape index (κ2) is 6.55. The summed E-state index contributed by atoms with van der Waals surface area (Å²) < 4.78 is 24.3. The average molecular weight is 312 g/mol. The molecule has 21 heavy (non-hydrogen) atoms. The van der Waals surface area contributed by atoms with Gasteiger partial charge in [0.25, 0.3) is 0 Å². The van der Waals surface area contributed by atoms with Crippen molar-refractivity contribution >= 4 is 16.0 Å². The first-order valence-corrected chi connectivity index (χ1v) is 8.68. The van der Waals surface area contributed by atoms with Crippen molar-refractivity contribution in [2.75, 3.05) is 39.0 Å². The van der Waals surface area contributed by atoms with E-state index in [1.807, 2.05) is 35.2 Å². The number of carboxylic acid groups (broad SMARTS) is 1. The maximum atomic E-state index is 11.5. The number of hydrogen-bond donors (Lipinski definition) is 1. The van der Waals surface area contributed by atoms with E-state index in [-0.39, 0.29) is 0 Å². The summed E-state index contributed by atoms with van der Waals surface area (Å²) >= 11 is 0. The van der Waals surface area contributed by atoms with Gasteiger partial charge in [0.05, 0.1) is 12.2 Å². The third kappa shape index (κ3) is 4.26. The van der Waals surface area contributed by atoms with Crippen LogP contribution in [0.3, 0.4) is 0 Å². The molecule has 6 nitrogen and oxygen atoms in total. The Morgan fingerprint density at radius 2 is 1.76 bits per heavy atom. The molecule has 0 aliphatic carbocycles. The van der Waals surface area contributed by atoms with Gasteiger partial charge in [-0.3, -0.25) is 9.69 Å². The number of rotatable bonds is 5. The van der Waals surface area contributed by atoms with Gasteiger partial charge in [-0.15, -0.1) is 0 Å². The fraction of sp³-hybridized carbons (Fsp3) is 0.500. The van der Waals surface area contributed by atoms with Crippen LogP contribution in [0.5, 0.6) is 0 Å². The Hall–Kier alpha value is -1.44. The predicted molar refractivity (Wildman–Crippen MR) is 79.7 cm³/mol. The van der Waals surface area contributed by atoms with E-state index in [0.717, 1.165) is 5.56 Å². The first kappa shape index (κ1) is 15.9.